The zero-order valence-corrected chi connectivity index (χ0v) is 11.7. The molecule has 1 aliphatic rings. The van der Waals surface area contributed by atoms with Crippen molar-refractivity contribution in [3.8, 4) is 5.75 Å². The first-order chi connectivity index (χ1) is 9.24. The molecule has 1 aromatic rings. The van der Waals surface area contributed by atoms with Crippen LogP contribution in [-0.4, -0.2) is 27.2 Å². The van der Waals surface area contributed by atoms with E-state index in [2.05, 4.69) is 10.6 Å². The van der Waals surface area contributed by atoms with Crippen LogP contribution in [0.5, 0.6) is 5.75 Å². The Hall–Kier alpha value is -1.13. The number of methoxy groups -OCH3 is 1. The number of rotatable bonds is 5. The van der Waals surface area contributed by atoms with Crippen LogP contribution in [-0.2, 0) is 0 Å². The van der Waals surface area contributed by atoms with Crippen molar-refractivity contribution in [2.24, 2.45) is 5.92 Å². The van der Waals surface area contributed by atoms with Gasteiger partial charge in [-0.05, 0) is 63.0 Å². The molecule has 0 bridgehead atoms. The van der Waals surface area contributed by atoms with Gasteiger partial charge < -0.3 is 15.4 Å². The fraction of sp³-hybridized carbons (Fsp3) is 0.600. The largest absolute Gasteiger partial charge is 0.494 e. The van der Waals surface area contributed by atoms with Crippen molar-refractivity contribution >= 4 is 0 Å². The van der Waals surface area contributed by atoms with Crippen LogP contribution in [0.3, 0.4) is 0 Å². The Kier molecular flexibility index (Phi) is 5.16. The molecule has 2 rings (SSSR count). The maximum absolute atomic E-state index is 13.8. The molecule has 0 aromatic heterocycles. The van der Waals surface area contributed by atoms with Crippen molar-refractivity contribution in [3.63, 3.8) is 0 Å². The maximum Gasteiger partial charge on any atom is 0.165 e. The average molecular weight is 266 g/mol. The summed E-state index contributed by atoms with van der Waals surface area (Å²) in [7, 11) is 3.42. The molecular formula is C15H23FN2O. The molecule has 4 heteroatoms. The van der Waals surface area contributed by atoms with Crippen molar-refractivity contribution < 1.29 is 9.13 Å². The van der Waals surface area contributed by atoms with Gasteiger partial charge in [0.2, 0.25) is 0 Å². The molecule has 0 saturated carbocycles. The molecule has 0 amide bonds. The van der Waals surface area contributed by atoms with E-state index in [-0.39, 0.29) is 11.9 Å². The summed E-state index contributed by atoms with van der Waals surface area (Å²) in [5, 5.41) is 6.72. The van der Waals surface area contributed by atoms with E-state index in [1.807, 2.05) is 13.1 Å². The quantitative estimate of drug-likeness (QED) is 0.859. The molecule has 1 aliphatic heterocycles. The van der Waals surface area contributed by atoms with Crippen LogP contribution >= 0.6 is 0 Å². The SMILES string of the molecule is CNC(CC1CCCNC1)c1ccc(OC)c(F)c1. The molecule has 2 atom stereocenters. The molecule has 2 unspecified atom stereocenters. The van der Waals surface area contributed by atoms with Crippen molar-refractivity contribution in [1.29, 1.82) is 0 Å². The summed E-state index contributed by atoms with van der Waals surface area (Å²) in [4.78, 5) is 0. The first-order valence-electron chi connectivity index (χ1n) is 6.96. The smallest absolute Gasteiger partial charge is 0.165 e. The van der Waals surface area contributed by atoms with Crippen molar-refractivity contribution in [3.05, 3.63) is 29.6 Å². The van der Waals surface area contributed by atoms with Crippen LogP contribution in [0.4, 0.5) is 4.39 Å². The summed E-state index contributed by atoms with van der Waals surface area (Å²) in [6.07, 6.45) is 3.52. The highest BCUT2D eigenvalue weighted by Gasteiger charge is 2.19. The third kappa shape index (κ3) is 3.67. The molecule has 1 aromatic carbocycles. The Balaban J connectivity index is 2.05. The standard InChI is InChI=1S/C15H23FN2O/c1-17-14(8-11-4-3-7-18-10-11)12-5-6-15(19-2)13(16)9-12/h5-6,9,11,14,17-18H,3-4,7-8,10H2,1-2H3. The zero-order valence-electron chi connectivity index (χ0n) is 11.7. The fourth-order valence-electron chi connectivity index (χ4n) is 2.78. The third-order valence-corrected chi connectivity index (χ3v) is 3.89. The first-order valence-corrected chi connectivity index (χ1v) is 6.96. The lowest BCUT2D eigenvalue weighted by Gasteiger charge is -2.27. The van der Waals surface area contributed by atoms with Gasteiger partial charge in [-0.25, -0.2) is 4.39 Å². The molecule has 0 radical (unpaired) electrons. The van der Waals surface area contributed by atoms with Crippen molar-refractivity contribution in [2.75, 3.05) is 27.2 Å². The van der Waals surface area contributed by atoms with Crippen LogP contribution < -0.4 is 15.4 Å². The van der Waals surface area contributed by atoms with Gasteiger partial charge in [0.25, 0.3) is 0 Å². The second-order valence-corrected chi connectivity index (χ2v) is 5.18. The molecular weight excluding hydrogens is 243 g/mol. The van der Waals surface area contributed by atoms with E-state index in [9.17, 15) is 4.39 Å². The number of hydrogen-bond donors (Lipinski definition) is 2. The molecule has 19 heavy (non-hydrogen) atoms. The second-order valence-electron chi connectivity index (χ2n) is 5.18. The maximum atomic E-state index is 13.8. The van der Waals surface area contributed by atoms with E-state index in [1.165, 1.54) is 20.0 Å². The normalized spacial score (nSPS) is 21.1. The number of halogens is 1. The molecule has 0 spiro atoms. The van der Waals surface area contributed by atoms with Gasteiger partial charge in [-0.3, -0.25) is 0 Å². The third-order valence-electron chi connectivity index (χ3n) is 3.89. The Labute approximate surface area is 114 Å². The predicted octanol–water partition coefficient (Wildman–Crippen LogP) is 2.48. The Morgan fingerprint density at radius 2 is 2.37 bits per heavy atom. The van der Waals surface area contributed by atoms with Crippen LogP contribution in [0, 0.1) is 11.7 Å². The molecule has 0 aliphatic carbocycles. The zero-order chi connectivity index (χ0) is 13.7. The van der Waals surface area contributed by atoms with Gasteiger partial charge in [-0.15, -0.1) is 0 Å². The second kappa shape index (κ2) is 6.87. The van der Waals surface area contributed by atoms with Gasteiger partial charge >= 0.3 is 0 Å². The fourth-order valence-corrected chi connectivity index (χ4v) is 2.78. The summed E-state index contributed by atoms with van der Waals surface area (Å²) >= 11 is 0. The molecule has 1 fully saturated rings. The predicted molar refractivity (Wildman–Crippen MR) is 75.0 cm³/mol. The molecule has 1 saturated heterocycles. The highest BCUT2D eigenvalue weighted by molar-refractivity contribution is 5.31. The van der Waals surface area contributed by atoms with Crippen LogP contribution in [0.15, 0.2) is 18.2 Å². The van der Waals surface area contributed by atoms with E-state index in [0.717, 1.165) is 25.1 Å². The van der Waals surface area contributed by atoms with Gasteiger partial charge in [-0.1, -0.05) is 6.07 Å². The summed E-state index contributed by atoms with van der Waals surface area (Å²) in [5.74, 6) is 0.677. The summed E-state index contributed by atoms with van der Waals surface area (Å²) in [6.45, 7) is 2.19. The summed E-state index contributed by atoms with van der Waals surface area (Å²) in [6, 6.07) is 5.43. The number of hydrogen-bond acceptors (Lipinski definition) is 3. The summed E-state index contributed by atoms with van der Waals surface area (Å²) < 4.78 is 18.7. The number of benzene rings is 1. The molecule has 1 heterocycles. The van der Waals surface area contributed by atoms with E-state index in [1.54, 1.807) is 12.1 Å². The first kappa shape index (κ1) is 14.3. The minimum atomic E-state index is -0.290. The van der Waals surface area contributed by atoms with E-state index >= 15 is 0 Å². The molecule has 106 valence electrons. The monoisotopic (exact) mass is 266 g/mol. The lowest BCUT2D eigenvalue weighted by atomic mass is 9.89. The number of ether oxygens (including phenoxy) is 1. The minimum Gasteiger partial charge on any atom is -0.494 e. The van der Waals surface area contributed by atoms with E-state index in [4.69, 9.17) is 4.74 Å². The van der Waals surface area contributed by atoms with Crippen LogP contribution in [0.2, 0.25) is 0 Å². The van der Waals surface area contributed by atoms with Crippen LogP contribution in [0.25, 0.3) is 0 Å². The van der Waals surface area contributed by atoms with Crippen molar-refractivity contribution in [2.45, 2.75) is 25.3 Å². The lowest BCUT2D eigenvalue weighted by molar-refractivity contribution is 0.321. The lowest BCUT2D eigenvalue weighted by Crippen LogP contribution is -2.32. The van der Waals surface area contributed by atoms with E-state index < -0.39 is 0 Å². The summed E-state index contributed by atoms with van der Waals surface area (Å²) in [5.41, 5.74) is 0.992. The highest BCUT2D eigenvalue weighted by atomic mass is 19.1. The van der Waals surface area contributed by atoms with Gasteiger partial charge in [0.05, 0.1) is 7.11 Å². The average Bonchev–Trinajstić information content (AvgIpc) is 2.46. The van der Waals surface area contributed by atoms with Crippen LogP contribution in [0.1, 0.15) is 30.9 Å². The number of piperidine rings is 1. The van der Waals surface area contributed by atoms with Gasteiger partial charge in [0, 0.05) is 6.04 Å². The highest BCUT2D eigenvalue weighted by Crippen LogP contribution is 2.27. The van der Waals surface area contributed by atoms with Gasteiger partial charge in [-0.2, -0.15) is 0 Å². The van der Waals surface area contributed by atoms with E-state index in [0.29, 0.717) is 11.7 Å². The Morgan fingerprint density at radius 3 is 2.95 bits per heavy atom. The molecule has 3 nitrogen and oxygen atoms in total. The molecule has 2 N–H and O–H groups in total. The minimum absolute atomic E-state index is 0.199. The Bertz CT molecular complexity index is 405. The van der Waals surface area contributed by atoms with Crippen molar-refractivity contribution in [1.82, 2.24) is 10.6 Å². The number of nitrogens with one attached hydrogen (secondary N) is 2. The van der Waals surface area contributed by atoms with Gasteiger partial charge in [0.1, 0.15) is 0 Å². The van der Waals surface area contributed by atoms with Gasteiger partial charge in [0.15, 0.2) is 11.6 Å². The Morgan fingerprint density at radius 1 is 1.53 bits per heavy atom. The topological polar surface area (TPSA) is 33.3 Å².